The van der Waals surface area contributed by atoms with E-state index in [2.05, 4.69) is 26.1 Å². The van der Waals surface area contributed by atoms with Crippen molar-refractivity contribution in [2.24, 2.45) is 0 Å². The predicted molar refractivity (Wildman–Crippen MR) is 68.8 cm³/mol. The van der Waals surface area contributed by atoms with Crippen molar-refractivity contribution in [2.75, 3.05) is 19.6 Å². The minimum atomic E-state index is -0.538. The van der Waals surface area contributed by atoms with E-state index in [-0.39, 0.29) is 5.91 Å². The zero-order valence-corrected chi connectivity index (χ0v) is 11.3. The zero-order chi connectivity index (χ0) is 12.9. The van der Waals surface area contributed by atoms with Crippen LogP contribution < -0.4 is 5.32 Å². The number of carbonyl (C=O) groups is 1. The number of likely N-dealkylation sites (tertiary alicyclic amines) is 1. The lowest BCUT2D eigenvalue weighted by atomic mass is 9.89. The summed E-state index contributed by atoms with van der Waals surface area (Å²) in [6.07, 6.45) is 3.77. The summed E-state index contributed by atoms with van der Waals surface area (Å²) in [6, 6.07) is 0.290. The van der Waals surface area contributed by atoms with Crippen LogP contribution in [0.25, 0.3) is 0 Å². The number of nitrogens with zero attached hydrogens (tertiary/aromatic N) is 1. The van der Waals surface area contributed by atoms with Crippen LogP contribution in [0, 0.1) is 0 Å². The van der Waals surface area contributed by atoms with Gasteiger partial charge in [-0.25, -0.2) is 0 Å². The quantitative estimate of drug-likeness (QED) is 0.704. The van der Waals surface area contributed by atoms with Gasteiger partial charge in [0.15, 0.2) is 0 Å². The molecule has 4 heteroatoms. The molecule has 1 rings (SSSR count). The van der Waals surface area contributed by atoms with E-state index >= 15 is 0 Å². The Morgan fingerprint density at radius 2 is 1.94 bits per heavy atom. The lowest BCUT2D eigenvalue weighted by molar-refractivity contribution is -0.134. The molecule has 1 fully saturated rings. The van der Waals surface area contributed by atoms with E-state index in [9.17, 15) is 9.90 Å². The number of rotatable bonds is 7. The molecule has 0 aromatic carbocycles. The summed E-state index contributed by atoms with van der Waals surface area (Å²) >= 11 is 0. The molecule has 0 unspecified atom stereocenters. The van der Waals surface area contributed by atoms with Gasteiger partial charge in [-0.3, -0.25) is 9.69 Å². The molecule has 0 spiro atoms. The van der Waals surface area contributed by atoms with Crippen LogP contribution in [-0.2, 0) is 4.79 Å². The van der Waals surface area contributed by atoms with Gasteiger partial charge >= 0.3 is 0 Å². The Labute approximate surface area is 104 Å². The Morgan fingerprint density at radius 1 is 1.35 bits per heavy atom. The molecule has 1 amide bonds. The van der Waals surface area contributed by atoms with E-state index in [1.54, 1.807) is 0 Å². The molecule has 0 radical (unpaired) electrons. The van der Waals surface area contributed by atoms with Crippen LogP contribution in [0.2, 0.25) is 0 Å². The highest BCUT2D eigenvalue weighted by Gasteiger charge is 2.40. The van der Waals surface area contributed by atoms with Crippen LogP contribution in [0.1, 0.15) is 46.5 Å². The highest BCUT2D eigenvalue weighted by atomic mass is 16.3. The Morgan fingerprint density at radius 3 is 2.41 bits per heavy atom. The van der Waals surface area contributed by atoms with Crippen molar-refractivity contribution in [3.63, 3.8) is 0 Å². The number of aliphatic hydroxyl groups is 1. The van der Waals surface area contributed by atoms with Gasteiger partial charge in [-0.1, -0.05) is 27.2 Å². The second kappa shape index (κ2) is 6.36. The van der Waals surface area contributed by atoms with Crippen molar-refractivity contribution in [1.82, 2.24) is 10.2 Å². The monoisotopic (exact) mass is 242 g/mol. The molecule has 1 aliphatic heterocycles. The summed E-state index contributed by atoms with van der Waals surface area (Å²) in [7, 11) is 0. The molecular weight excluding hydrogens is 216 g/mol. The van der Waals surface area contributed by atoms with E-state index in [0.29, 0.717) is 25.7 Å². The number of hydrogen-bond acceptors (Lipinski definition) is 3. The maximum Gasteiger partial charge on any atom is 0.234 e. The summed E-state index contributed by atoms with van der Waals surface area (Å²) in [4.78, 5) is 13.7. The lowest BCUT2D eigenvalue weighted by Gasteiger charge is -2.46. The van der Waals surface area contributed by atoms with Crippen molar-refractivity contribution >= 4 is 5.91 Å². The van der Waals surface area contributed by atoms with Crippen molar-refractivity contribution < 1.29 is 9.90 Å². The van der Waals surface area contributed by atoms with Crippen molar-refractivity contribution in [3.05, 3.63) is 0 Å². The molecule has 0 saturated carbocycles. The second-order valence-corrected chi connectivity index (χ2v) is 5.20. The van der Waals surface area contributed by atoms with E-state index in [4.69, 9.17) is 0 Å². The summed E-state index contributed by atoms with van der Waals surface area (Å²) in [5.74, 6) is 0.0808. The maximum absolute atomic E-state index is 11.7. The van der Waals surface area contributed by atoms with Crippen LogP contribution in [0.3, 0.4) is 0 Å². The van der Waals surface area contributed by atoms with Gasteiger partial charge in [0, 0.05) is 19.1 Å². The molecule has 4 nitrogen and oxygen atoms in total. The van der Waals surface area contributed by atoms with Crippen LogP contribution in [0.4, 0.5) is 0 Å². The summed E-state index contributed by atoms with van der Waals surface area (Å²) in [5, 5.41) is 13.0. The van der Waals surface area contributed by atoms with Gasteiger partial charge in [-0.2, -0.15) is 0 Å². The van der Waals surface area contributed by atoms with Crippen LogP contribution in [0.5, 0.6) is 0 Å². The first-order valence-corrected chi connectivity index (χ1v) is 6.77. The molecule has 0 bridgehead atoms. The Balaban J connectivity index is 2.22. The Kier molecular flexibility index (Phi) is 5.40. The highest BCUT2D eigenvalue weighted by molar-refractivity contribution is 5.78. The van der Waals surface area contributed by atoms with Gasteiger partial charge in [0.25, 0.3) is 0 Å². The number of nitrogens with one attached hydrogen (secondary N) is 1. The number of carbonyl (C=O) groups excluding carboxylic acids is 1. The fourth-order valence-electron chi connectivity index (χ4n) is 2.49. The van der Waals surface area contributed by atoms with E-state index in [1.165, 1.54) is 0 Å². The topological polar surface area (TPSA) is 52.6 Å². The first-order chi connectivity index (χ1) is 8.03. The highest BCUT2D eigenvalue weighted by Crippen LogP contribution is 2.25. The predicted octanol–water partition coefficient (Wildman–Crippen LogP) is 1.14. The van der Waals surface area contributed by atoms with Gasteiger partial charge in [-0.05, 0) is 19.3 Å². The minimum absolute atomic E-state index is 0.0808. The zero-order valence-electron chi connectivity index (χ0n) is 11.3. The molecule has 17 heavy (non-hydrogen) atoms. The fraction of sp³-hybridized carbons (Fsp3) is 0.923. The number of amides is 1. The van der Waals surface area contributed by atoms with Gasteiger partial charge in [0.2, 0.25) is 5.91 Å². The summed E-state index contributed by atoms with van der Waals surface area (Å²) in [6.45, 7) is 7.92. The van der Waals surface area contributed by atoms with Gasteiger partial charge < -0.3 is 10.4 Å². The van der Waals surface area contributed by atoms with E-state index in [0.717, 1.165) is 25.7 Å². The first kappa shape index (κ1) is 14.5. The van der Waals surface area contributed by atoms with Crippen molar-refractivity contribution in [3.8, 4) is 0 Å². The third-order valence-corrected chi connectivity index (χ3v) is 3.47. The maximum atomic E-state index is 11.7. The standard InChI is InChI=1S/C13H26N2O2/c1-4-7-13(17)9-15(10-13)8-12(16)14-11(5-2)6-3/h11,17H,4-10H2,1-3H3,(H,14,16). The third kappa shape index (κ3) is 4.28. The van der Waals surface area contributed by atoms with Crippen LogP contribution in [0.15, 0.2) is 0 Å². The third-order valence-electron chi connectivity index (χ3n) is 3.47. The van der Waals surface area contributed by atoms with Crippen LogP contribution >= 0.6 is 0 Å². The molecule has 2 N–H and O–H groups in total. The van der Waals surface area contributed by atoms with Crippen molar-refractivity contribution in [2.45, 2.75) is 58.1 Å². The minimum Gasteiger partial charge on any atom is -0.387 e. The van der Waals surface area contributed by atoms with Gasteiger partial charge in [-0.15, -0.1) is 0 Å². The van der Waals surface area contributed by atoms with E-state index in [1.807, 2.05) is 4.90 Å². The van der Waals surface area contributed by atoms with E-state index < -0.39 is 5.60 Å². The molecule has 0 atom stereocenters. The number of β-amino-alcohol motifs (C(OH)–C–C–N with tert-alkyl or cyclic N) is 1. The lowest BCUT2D eigenvalue weighted by Crippen LogP contribution is -2.63. The fourth-order valence-corrected chi connectivity index (χ4v) is 2.49. The molecule has 1 heterocycles. The molecule has 1 aliphatic rings. The normalized spacial score (nSPS) is 19.1. The largest absolute Gasteiger partial charge is 0.387 e. The molecule has 0 aromatic rings. The van der Waals surface area contributed by atoms with Gasteiger partial charge in [0.1, 0.15) is 0 Å². The number of hydrogen-bond donors (Lipinski definition) is 2. The molecule has 1 saturated heterocycles. The summed E-state index contributed by atoms with van der Waals surface area (Å²) in [5.41, 5.74) is -0.538. The molecule has 0 aromatic heterocycles. The summed E-state index contributed by atoms with van der Waals surface area (Å²) < 4.78 is 0. The second-order valence-electron chi connectivity index (χ2n) is 5.20. The molecular formula is C13H26N2O2. The molecule has 0 aliphatic carbocycles. The smallest absolute Gasteiger partial charge is 0.234 e. The average molecular weight is 242 g/mol. The average Bonchev–Trinajstić information content (AvgIpc) is 2.24. The Hall–Kier alpha value is -0.610. The Bertz CT molecular complexity index is 246. The first-order valence-electron chi connectivity index (χ1n) is 6.77. The van der Waals surface area contributed by atoms with Crippen molar-refractivity contribution in [1.29, 1.82) is 0 Å². The molecule has 100 valence electrons. The van der Waals surface area contributed by atoms with Crippen LogP contribution in [-0.4, -0.2) is 47.2 Å². The SMILES string of the molecule is CCCC1(O)CN(CC(=O)NC(CC)CC)C1. The van der Waals surface area contributed by atoms with Gasteiger partial charge in [0.05, 0.1) is 12.1 Å².